The lowest BCUT2D eigenvalue weighted by Gasteiger charge is -2.31. The fraction of sp³-hybridized carbons (Fsp3) is 0.278. The second-order valence-corrected chi connectivity index (χ2v) is 5.23. The van der Waals surface area contributed by atoms with Gasteiger partial charge in [-0.25, -0.2) is 0 Å². The van der Waals surface area contributed by atoms with Gasteiger partial charge in [-0.15, -0.1) is 0 Å². The first-order valence-electron chi connectivity index (χ1n) is 7.33. The van der Waals surface area contributed by atoms with Crippen LogP contribution in [0.25, 0.3) is 0 Å². The monoisotopic (exact) mass is 265 g/mol. The average Bonchev–Trinajstić information content (AvgIpc) is 2.55. The van der Waals surface area contributed by atoms with E-state index < -0.39 is 0 Å². The summed E-state index contributed by atoms with van der Waals surface area (Å²) in [6.07, 6.45) is 0. The van der Waals surface area contributed by atoms with E-state index in [1.807, 2.05) is 0 Å². The molecule has 3 rings (SSSR count). The third-order valence-corrected chi connectivity index (χ3v) is 3.83. The number of rotatable bonds is 4. The van der Waals surface area contributed by atoms with Crippen LogP contribution in [0.15, 0.2) is 60.7 Å². The van der Waals surface area contributed by atoms with Crippen molar-refractivity contribution in [1.82, 2.24) is 10.2 Å². The molecule has 103 valence electrons. The zero-order chi connectivity index (χ0) is 13.6. The van der Waals surface area contributed by atoms with E-state index in [9.17, 15) is 0 Å². The molecule has 0 saturated carbocycles. The van der Waals surface area contributed by atoms with E-state index in [0.29, 0.717) is 5.92 Å². The summed E-state index contributed by atoms with van der Waals surface area (Å²) < 4.78 is 0. The highest BCUT2D eigenvalue weighted by Crippen LogP contribution is 2.28. The normalized spacial score (nSPS) is 16.4. The Balaban J connectivity index is 1.83. The lowest BCUT2D eigenvalue weighted by Crippen LogP contribution is -2.42. The standard InChI is InChI=1S/C18H21N2/c1-3-7-16(8-4-1)18(17-9-5-2-6-10-17)15-20-13-11-19-12-14-20/h1-10,15,18-19H,11-14H2. The Kier molecular flexibility index (Phi) is 4.46. The van der Waals surface area contributed by atoms with Gasteiger partial charge in [0.2, 0.25) is 0 Å². The minimum absolute atomic E-state index is 0.343. The molecule has 0 amide bonds. The Morgan fingerprint density at radius 3 is 1.80 bits per heavy atom. The predicted octanol–water partition coefficient (Wildman–Crippen LogP) is 2.89. The van der Waals surface area contributed by atoms with Crippen molar-refractivity contribution in [2.45, 2.75) is 5.92 Å². The van der Waals surface area contributed by atoms with Gasteiger partial charge in [-0.3, -0.25) is 4.90 Å². The van der Waals surface area contributed by atoms with E-state index in [2.05, 4.69) is 77.4 Å². The van der Waals surface area contributed by atoms with Crippen molar-refractivity contribution in [3.05, 3.63) is 78.3 Å². The van der Waals surface area contributed by atoms with Gasteiger partial charge < -0.3 is 5.32 Å². The summed E-state index contributed by atoms with van der Waals surface area (Å²) in [5, 5.41) is 3.41. The van der Waals surface area contributed by atoms with Crippen molar-refractivity contribution in [2.75, 3.05) is 26.2 Å². The smallest absolute Gasteiger partial charge is 0.0371 e. The number of piperazine rings is 1. The van der Waals surface area contributed by atoms with Gasteiger partial charge in [-0.2, -0.15) is 0 Å². The summed E-state index contributed by atoms with van der Waals surface area (Å²) in [6.45, 7) is 6.73. The quantitative estimate of drug-likeness (QED) is 0.914. The van der Waals surface area contributed by atoms with Gasteiger partial charge in [0, 0.05) is 38.6 Å². The summed E-state index contributed by atoms with van der Waals surface area (Å²) in [5.74, 6) is 0.343. The van der Waals surface area contributed by atoms with Crippen LogP contribution < -0.4 is 5.32 Å². The van der Waals surface area contributed by atoms with Crippen LogP contribution in [0.5, 0.6) is 0 Å². The molecular formula is C18H21N2. The van der Waals surface area contributed by atoms with Crippen LogP contribution in [0.4, 0.5) is 0 Å². The molecule has 2 aromatic rings. The molecule has 1 N–H and O–H groups in total. The first-order chi connectivity index (χ1) is 9.93. The molecule has 0 unspecified atom stereocenters. The molecule has 1 radical (unpaired) electrons. The first-order valence-corrected chi connectivity index (χ1v) is 7.33. The van der Waals surface area contributed by atoms with Gasteiger partial charge in [0.25, 0.3) is 0 Å². The lowest BCUT2D eigenvalue weighted by molar-refractivity contribution is 0.280. The van der Waals surface area contributed by atoms with Crippen molar-refractivity contribution in [3.8, 4) is 0 Å². The molecule has 1 aliphatic heterocycles. The van der Waals surface area contributed by atoms with E-state index >= 15 is 0 Å². The minimum Gasteiger partial charge on any atom is -0.314 e. The van der Waals surface area contributed by atoms with Crippen LogP contribution in [0, 0.1) is 6.54 Å². The van der Waals surface area contributed by atoms with Gasteiger partial charge in [-0.1, -0.05) is 60.7 Å². The van der Waals surface area contributed by atoms with Crippen molar-refractivity contribution in [2.24, 2.45) is 0 Å². The molecule has 2 aromatic carbocycles. The van der Waals surface area contributed by atoms with Crippen LogP contribution in [-0.2, 0) is 0 Å². The molecule has 1 aliphatic rings. The van der Waals surface area contributed by atoms with E-state index in [0.717, 1.165) is 26.2 Å². The Morgan fingerprint density at radius 1 is 0.800 bits per heavy atom. The Labute approximate surface area is 121 Å². The SMILES string of the molecule is [CH](C(c1ccccc1)c1ccccc1)N1CCNCC1. The molecule has 2 heteroatoms. The molecule has 0 aromatic heterocycles. The first kappa shape index (κ1) is 13.3. The van der Waals surface area contributed by atoms with Gasteiger partial charge in [0.15, 0.2) is 0 Å². The number of nitrogens with zero attached hydrogens (tertiary/aromatic N) is 1. The Hall–Kier alpha value is -1.64. The molecule has 0 bridgehead atoms. The summed E-state index contributed by atoms with van der Waals surface area (Å²) in [6, 6.07) is 21.5. The zero-order valence-corrected chi connectivity index (χ0v) is 11.7. The molecule has 0 aliphatic carbocycles. The maximum atomic E-state index is 3.41. The summed E-state index contributed by atoms with van der Waals surface area (Å²) in [4.78, 5) is 2.45. The Morgan fingerprint density at radius 2 is 1.30 bits per heavy atom. The molecule has 20 heavy (non-hydrogen) atoms. The molecule has 1 fully saturated rings. The molecule has 2 nitrogen and oxygen atoms in total. The van der Waals surface area contributed by atoms with E-state index in [1.54, 1.807) is 0 Å². The van der Waals surface area contributed by atoms with Gasteiger partial charge >= 0.3 is 0 Å². The zero-order valence-electron chi connectivity index (χ0n) is 11.7. The maximum absolute atomic E-state index is 3.41. The van der Waals surface area contributed by atoms with Crippen molar-refractivity contribution >= 4 is 0 Å². The second-order valence-electron chi connectivity index (χ2n) is 5.23. The number of hydrogen-bond donors (Lipinski definition) is 1. The summed E-state index contributed by atoms with van der Waals surface area (Å²) >= 11 is 0. The fourth-order valence-electron chi connectivity index (χ4n) is 2.73. The minimum atomic E-state index is 0.343. The maximum Gasteiger partial charge on any atom is 0.0371 e. The lowest BCUT2D eigenvalue weighted by atomic mass is 9.90. The molecule has 0 atom stereocenters. The van der Waals surface area contributed by atoms with Gasteiger partial charge in [-0.05, 0) is 11.1 Å². The van der Waals surface area contributed by atoms with Crippen LogP contribution in [0.1, 0.15) is 17.0 Å². The molecule has 0 spiro atoms. The summed E-state index contributed by atoms with van der Waals surface area (Å²) in [5.41, 5.74) is 2.72. The average molecular weight is 265 g/mol. The molecular weight excluding hydrogens is 244 g/mol. The highest BCUT2D eigenvalue weighted by Gasteiger charge is 2.19. The number of benzene rings is 2. The van der Waals surface area contributed by atoms with E-state index in [4.69, 9.17) is 0 Å². The Bertz CT molecular complexity index is 464. The second kappa shape index (κ2) is 6.69. The van der Waals surface area contributed by atoms with E-state index in [-0.39, 0.29) is 0 Å². The largest absolute Gasteiger partial charge is 0.314 e. The number of nitrogens with one attached hydrogen (secondary N) is 1. The topological polar surface area (TPSA) is 15.3 Å². The van der Waals surface area contributed by atoms with Crippen molar-refractivity contribution in [3.63, 3.8) is 0 Å². The predicted molar refractivity (Wildman–Crippen MR) is 83.5 cm³/mol. The third kappa shape index (κ3) is 3.27. The van der Waals surface area contributed by atoms with Gasteiger partial charge in [0.05, 0.1) is 0 Å². The van der Waals surface area contributed by atoms with E-state index in [1.165, 1.54) is 11.1 Å². The highest BCUT2D eigenvalue weighted by atomic mass is 15.2. The van der Waals surface area contributed by atoms with Crippen molar-refractivity contribution in [1.29, 1.82) is 0 Å². The summed E-state index contributed by atoms with van der Waals surface area (Å²) in [7, 11) is 0. The highest BCUT2D eigenvalue weighted by molar-refractivity contribution is 5.35. The van der Waals surface area contributed by atoms with Crippen molar-refractivity contribution < 1.29 is 0 Å². The molecule has 1 heterocycles. The van der Waals surface area contributed by atoms with Crippen LogP contribution in [0.2, 0.25) is 0 Å². The molecule has 1 saturated heterocycles. The van der Waals surface area contributed by atoms with Gasteiger partial charge in [0.1, 0.15) is 0 Å². The third-order valence-electron chi connectivity index (χ3n) is 3.83. The fourth-order valence-corrected chi connectivity index (χ4v) is 2.73. The van der Waals surface area contributed by atoms with Crippen LogP contribution in [-0.4, -0.2) is 31.1 Å². The van der Waals surface area contributed by atoms with Crippen LogP contribution >= 0.6 is 0 Å². The van der Waals surface area contributed by atoms with Crippen LogP contribution in [0.3, 0.4) is 0 Å². The number of hydrogen-bond acceptors (Lipinski definition) is 2.